The highest BCUT2D eigenvalue weighted by Gasteiger charge is 2.24. The van der Waals surface area contributed by atoms with E-state index in [1.165, 1.54) is 0 Å². The van der Waals surface area contributed by atoms with E-state index in [0.29, 0.717) is 37.2 Å². The minimum atomic E-state index is 0.341. The molecule has 8 heteroatoms. The number of imidazole rings is 1. The van der Waals surface area contributed by atoms with E-state index >= 15 is 0 Å². The first kappa shape index (κ1) is 18.8. The quantitative estimate of drug-likeness (QED) is 0.555. The second kappa shape index (κ2) is 8.64. The standard InChI is InChI=1S/C21H23N5O3/c1-3-17(28-15-16-4-5-18(27-2)12-23-16)6-7-19-13-24-21(29-19)26-11-10-25-9-8-22-20(25)14-26/h3-9,12H,1,10-11,13-15H2,2H3/b17-6+,19-7+. The molecule has 2 aliphatic heterocycles. The minimum absolute atomic E-state index is 0.341. The molecule has 0 aliphatic carbocycles. The van der Waals surface area contributed by atoms with E-state index in [1.807, 2.05) is 36.7 Å². The molecule has 4 rings (SSSR count). The third-order valence-electron chi connectivity index (χ3n) is 4.66. The number of hydrogen-bond acceptors (Lipinski definition) is 7. The van der Waals surface area contributed by atoms with Crippen molar-refractivity contribution < 1.29 is 14.2 Å². The highest BCUT2D eigenvalue weighted by Crippen LogP contribution is 2.18. The molecule has 0 saturated heterocycles. The molecule has 0 unspecified atom stereocenters. The molecule has 0 fully saturated rings. The van der Waals surface area contributed by atoms with Crippen molar-refractivity contribution in [2.45, 2.75) is 19.7 Å². The molecule has 2 aromatic rings. The van der Waals surface area contributed by atoms with Crippen LogP contribution >= 0.6 is 0 Å². The molecule has 0 aromatic carbocycles. The van der Waals surface area contributed by atoms with Gasteiger partial charge in [0.15, 0.2) is 0 Å². The monoisotopic (exact) mass is 393 g/mol. The van der Waals surface area contributed by atoms with Gasteiger partial charge in [-0.15, -0.1) is 0 Å². The number of allylic oxidation sites excluding steroid dienone is 3. The molecular weight excluding hydrogens is 370 g/mol. The summed E-state index contributed by atoms with van der Waals surface area (Å²) in [5.41, 5.74) is 0.803. The normalized spacial score (nSPS) is 17.6. The number of pyridine rings is 1. The molecule has 0 saturated carbocycles. The van der Waals surface area contributed by atoms with Crippen LogP contribution in [0.5, 0.6) is 5.75 Å². The molecular formula is C21H23N5O3. The molecule has 0 N–H and O–H groups in total. The lowest BCUT2D eigenvalue weighted by molar-refractivity contribution is 0.207. The average molecular weight is 393 g/mol. The maximum absolute atomic E-state index is 5.92. The Morgan fingerprint density at radius 3 is 3.03 bits per heavy atom. The van der Waals surface area contributed by atoms with Crippen LogP contribution < -0.4 is 4.74 Å². The summed E-state index contributed by atoms with van der Waals surface area (Å²) in [6, 6.07) is 4.35. The van der Waals surface area contributed by atoms with Crippen LogP contribution in [-0.2, 0) is 29.2 Å². The van der Waals surface area contributed by atoms with Crippen molar-refractivity contribution in [3.8, 4) is 5.75 Å². The zero-order valence-electron chi connectivity index (χ0n) is 16.3. The number of nitrogens with zero attached hydrogens (tertiary/aromatic N) is 5. The molecule has 0 bridgehead atoms. The third-order valence-corrected chi connectivity index (χ3v) is 4.66. The Kier molecular flexibility index (Phi) is 5.60. The molecule has 2 aliphatic rings. The minimum Gasteiger partial charge on any atom is -0.495 e. The number of amidine groups is 1. The number of rotatable bonds is 6. The van der Waals surface area contributed by atoms with Gasteiger partial charge in [0.1, 0.15) is 36.2 Å². The Morgan fingerprint density at radius 2 is 2.24 bits per heavy atom. The van der Waals surface area contributed by atoms with Gasteiger partial charge in [0.2, 0.25) is 0 Å². The Bertz CT molecular complexity index is 959. The SMILES string of the molecule is C=C/C(=C\C=C1/CN=C(N2CCn3ccnc3C2)O1)OCc1ccc(OC)cn1. The molecule has 150 valence electrons. The molecule has 0 radical (unpaired) electrons. The number of ether oxygens (including phenoxy) is 3. The van der Waals surface area contributed by atoms with Crippen molar-refractivity contribution in [1.82, 2.24) is 19.4 Å². The van der Waals surface area contributed by atoms with E-state index in [4.69, 9.17) is 14.2 Å². The van der Waals surface area contributed by atoms with E-state index < -0.39 is 0 Å². The van der Waals surface area contributed by atoms with Gasteiger partial charge in [0, 0.05) is 25.5 Å². The van der Waals surface area contributed by atoms with Crippen molar-refractivity contribution in [2.75, 3.05) is 20.2 Å². The van der Waals surface area contributed by atoms with Crippen LogP contribution in [0.3, 0.4) is 0 Å². The molecule has 8 nitrogen and oxygen atoms in total. The summed E-state index contributed by atoms with van der Waals surface area (Å²) in [6.07, 6.45) is 10.8. The predicted octanol–water partition coefficient (Wildman–Crippen LogP) is 2.66. The molecule has 2 aromatic heterocycles. The highest BCUT2D eigenvalue weighted by atomic mass is 16.5. The number of fused-ring (bicyclic) bond motifs is 1. The van der Waals surface area contributed by atoms with Gasteiger partial charge >= 0.3 is 0 Å². The summed E-state index contributed by atoms with van der Waals surface area (Å²) in [5, 5.41) is 0. The summed E-state index contributed by atoms with van der Waals surface area (Å²) < 4.78 is 18.9. The number of methoxy groups -OCH3 is 1. The van der Waals surface area contributed by atoms with Crippen LogP contribution in [0.15, 0.2) is 72.0 Å². The van der Waals surface area contributed by atoms with E-state index in [1.54, 1.807) is 19.4 Å². The lowest BCUT2D eigenvalue weighted by atomic mass is 10.3. The van der Waals surface area contributed by atoms with Crippen LogP contribution in [0.4, 0.5) is 0 Å². The molecule has 29 heavy (non-hydrogen) atoms. The van der Waals surface area contributed by atoms with Gasteiger partial charge in [-0.25, -0.2) is 9.98 Å². The Balaban J connectivity index is 1.32. The van der Waals surface area contributed by atoms with Gasteiger partial charge in [0.25, 0.3) is 6.02 Å². The van der Waals surface area contributed by atoms with Gasteiger partial charge in [-0.1, -0.05) is 6.58 Å². The van der Waals surface area contributed by atoms with Crippen molar-refractivity contribution in [3.05, 3.63) is 78.6 Å². The molecule has 0 spiro atoms. The molecule has 4 heterocycles. The van der Waals surface area contributed by atoms with E-state index in [-0.39, 0.29) is 0 Å². The fraction of sp³-hybridized carbons (Fsp3) is 0.286. The highest BCUT2D eigenvalue weighted by molar-refractivity contribution is 5.77. The lowest BCUT2D eigenvalue weighted by Crippen LogP contribution is -2.38. The van der Waals surface area contributed by atoms with Gasteiger partial charge in [0.05, 0.1) is 25.5 Å². The first-order valence-corrected chi connectivity index (χ1v) is 9.37. The Morgan fingerprint density at radius 1 is 1.31 bits per heavy atom. The number of aliphatic imine (C=N–C) groups is 1. The average Bonchev–Trinajstić information content (AvgIpc) is 3.43. The smallest absolute Gasteiger partial charge is 0.293 e. The van der Waals surface area contributed by atoms with Crippen LogP contribution in [0.1, 0.15) is 11.5 Å². The van der Waals surface area contributed by atoms with Crippen LogP contribution in [0.25, 0.3) is 0 Å². The fourth-order valence-corrected chi connectivity index (χ4v) is 3.04. The van der Waals surface area contributed by atoms with Gasteiger partial charge in [-0.3, -0.25) is 4.98 Å². The first-order chi connectivity index (χ1) is 14.2. The van der Waals surface area contributed by atoms with E-state index in [9.17, 15) is 0 Å². The summed E-state index contributed by atoms with van der Waals surface area (Å²) in [4.78, 5) is 15.3. The van der Waals surface area contributed by atoms with Crippen LogP contribution in [0, 0.1) is 0 Å². The summed E-state index contributed by atoms with van der Waals surface area (Å²) in [6.45, 7) is 7.07. The summed E-state index contributed by atoms with van der Waals surface area (Å²) >= 11 is 0. The van der Waals surface area contributed by atoms with Gasteiger partial charge in [-0.2, -0.15) is 0 Å². The van der Waals surface area contributed by atoms with Crippen LogP contribution in [-0.4, -0.2) is 45.7 Å². The number of aromatic nitrogens is 3. The molecule has 0 atom stereocenters. The summed E-state index contributed by atoms with van der Waals surface area (Å²) in [5.74, 6) is 3.13. The second-order valence-electron chi connectivity index (χ2n) is 6.54. The fourth-order valence-electron chi connectivity index (χ4n) is 3.04. The Labute approximate surface area is 169 Å². The van der Waals surface area contributed by atoms with Crippen molar-refractivity contribution in [1.29, 1.82) is 0 Å². The van der Waals surface area contributed by atoms with Crippen molar-refractivity contribution >= 4 is 6.02 Å². The van der Waals surface area contributed by atoms with E-state index in [2.05, 4.69) is 31.0 Å². The lowest BCUT2D eigenvalue weighted by Gasteiger charge is -2.27. The zero-order chi connectivity index (χ0) is 20.1. The topological polar surface area (TPSA) is 74.0 Å². The van der Waals surface area contributed by atoms with Crippen molar-refractivity contribution in [3.63, 3.8) is 0 Å². The zero-order valence-corrected chi connectivity index (χ0v) is 16.3. The number of hydrogen-bond donors (Lipinski definition) is 0. The van der Waals surface area contributed by atoms with E-state index in [0.717, 1.165) is 30.4 Å². The second-order valence-corrected chi connectivity index (χ2v) is 6.54. The predicted molar refractivity (Wildman–Crippen MR) is 108 cm³/mol. The van der Waals surface area contributed by atoms with Gasteiger partial charge < -0.3 is 23.7 Å². The Hall–Kier alpha value is -3.55. The summed E-state index contributed by atoms with van der Waals surface area (Å²) in [7, 11) is 1.61. The van der Waals surface area contributed by atoms with Gasteiger partial charge in [-0.05, 0) is 30.4 Å². The first-order valence-electron chi connectivity index (χ1n) is 9.37. The largest absolute Gasteiger partial charge is 0.495 e. The van der Waals surface area contributed by atoms with Crippen LogP contribution in [0.2, 0.25) is 0 Å². The third kappa shape index (κ3) is 4.48. The van der Waals surface area contributed by atoms with Crippen molar-refractivity contribution in [2.24, 2.45) is 4.99 Å². The maximum atomic E-state index is 5.92. The molecule has 0 amide bonds. The maximum Gasteiger partial charge on any atom is 0.293 e.